The van der Waals surface area contributed by atoms with Gasteiger partial charge in [0.05, 0.1) is 39.7 Å². The maximum Gasteiger partial charge on any atom is 0.271 e. The molecule has 2 saturated heterocycles. The van der Waals surface area contributed by atoms with Gasteiger partial charge in [-0.3, -0.25) is 19.7 Å². The Morgan fingerprint density at radius 2 is 1.73 bits per heavy atom. The summed E-state index contributed by atoms with van der Waals surface area (Å²) in [6.45, 7) is 0. The van der Waals surface area contributed by atoms with Crippen molar-refractivity contribution in [3.05, 3.63) is 45.5 Å². The highest BCUT2D eigenvalue weighted by Gasteiger charge is 2.61. The number of halogens is 1. The maximum absolute atomic E-state index is 12.6. The van der Waals surface area contributed by atoms with Gasteiger partial charge in [-0.15, -0.1) is 0 Å². The molecule has 112 valence electrons. The lowest BCUT2D eigenvalue weighted by molar-refractivity contribution is -0.384. The minimum atomic E-state index is -0.597. The molecule has 0 aromatic heterocycles. The minimum absolute atomic E-state index is 0.0552. The number of non-ortho nitro benzene ring substituents is 1. The van der Waals surface area contributed by atoms with E-state index >= 15 is 0 Å². The van der Waals surface area contributed by atoms with Crippen molar-refractivity contribution in [2.45, 2.75) is 12.2 Å². The van der Waals surface area contributed by atoms with Gasteiger partial charge >= 0.3 is 0 Å². The van der Waals surface area contributed by atoms with Crippen LogP contribution in [0.25, 0.3) is 0 Å². The van der Waals surface area contributed by atoms with E-state index in [9.17, 15) is 19.7 Å². The molecule has 1 aromatic carbocycles. The van der Waals surface area contributed by atoms with E-state index in [2.05, 4.69) is 0 Å². The number of fused-ring (bicyclic) bond motifs is 5. The third kappa shape index (κ3) is 1.60. The number of benzene rings is 1. The molecule has 0 spiro atoms. The Kier molecular flexibility index (Phi) is 2.67. The first-order valence-electron chi connectivity index (χ1n) is 6.64. The van der Waals surface area contributed by atoms with Crippen molar-refractivity contribution >= 4 is 34.8 Å². The van der Waals surface area contributed by atoms with Crippen LogP contribution in [0.2, 0.25) is 5.02 Å². The zero-order valence-electron chi connectivity index (χ0n) is 11.0. The number of hydrogen-bond acceptors (Lipinski definition) is 5. The van der Waals surface area contributed by atoms with Crippen LogP contribution in [0.1, 0.15) is 0 Å². The van der Waals surface area contributed by atoms with Gasteiger partial charge in [0.1, 0.15) is 0 Å². The topological polar surface area (TPSA) is 89.8 Å². The van der Waals surface area contributed by atoms with E-state index in [1.807, 2.05) is 0 Å². The molecule has 3 aliphatic rings. The normalized spacial score (nSPS) is 32.0. The van der Waals surface area contributed by atoms with Gasteiger partial charge in [0, 0.05) is 12.1 Å². The zero-order valence-corrected chi connectivity index (χ0v) is 11.8. The van der Waals surface area contributed by atoms with Gasteiger partial charge in [-0.1, -0.05) is 23.8 Å². The van der Waals surface area contributed by atoms with Crippen molar-refractivity contribution < 1.29 is 19.2 Å². The molecule has 3 aliphatic heterocycles. The molecular weight excluding hydrogens is 312 g/mol. The Hall–Kier alpha value is -2.25. The molecule has 2 fully saturated rings. The van der Waals surface area contributed by atoms with Gasteiger partial charge in [-0.25, -0.2) is 4.90 Å². The van der Waals surface area contributed by atoms with E-state index in [1.165, 1.54) is 12.1 Å². The average molecular weight is 321 g/mol. The van der Waals surface area contributed by atoms with Gasteiger partial charge in [0.2, 0.25) is 11.8 Å². The van der Waals surface area contributed by atoms with Crippen LogP contribution in [0.5, 0.6) is 0 Å². The lowest BCUT2D eigenvalue weighted by atomic mass is 9.85. The number of imide groups is 1. The van der Waals surface area contributed by atoms with Crippen LogP contribution in [-0.4, -0.2) is 28.9 Å². The van der Waals surface area contributed by atoms with E-state index in [1.54, 1.807) is 12.2 Å². The number of nitrogens with zero attached hydrogens (tertiary/aromatic N) is 2. The molecule has 0 saturated carbocycles. The Morgan fingerprint density at radius 1 is 1.14 bits per heavy atom. The summed E-state index contributed by atoms with van der Waals surface area (Å²) in [6.07, 6.45) is 2.73. The monoisotopic (exact) mass is 320 g/mol. The molecule has 8 heteroatoms. The summed E-state index contributed by atoms with van der Waals surface area (Å²) in [4.78, 5) is 36.4. The Labute approximate surface area is 129 Å². The fraction of sp³-hybridized carbons (Fsp3) is 0.286. The molecule has 7 nitrogen and oxygen atoms in total. The Morgan fingerprint density at radius 3 is 2.27 bits per heavy atom. The summed E-state index contributed by atoms with van der Waals surface area (Å²) in [5, 5.41) is 11.0. The number of ether oxygens (including phenoxy) is 1. The summed E-state index contributed by atoms with van der Waals surface area (Å²) in [5.74, 6) is -1.99. The van der Waals surface area contributed by atoms with E-state index in [0.717, 1.165) is 11.0 Å². The SMILES string of the molecule is O=C1[C@@H]2[C@@H](C(=O)N1c1cc([N+](=O)[O-])ccc1Cl)[C@H]1C=C[C@H]2O1. The molecule has 2 amide bonds. The van der Waals surface area contributed by atoms with Gasteiger partial charge < -0.3 is 4.74 Å². The third-order valence-corrected chi connectivity index (χ3v) is 4.61. The second-order valence-corrected chi connectivity index (χ2v) is 5.81. The highest BCUT2D eigenvalue weighted by molar-refractivity contribution is 6.36. The number of rotatable bonds is 2. The maximum atomic E-state index is 12.6. The van der Waals surface area contributed by atoms with Gasteiger partial charge in [0.25, 0.3) is 5.69 Å². The molecular formula is C14H9ClN2O5. The molecule has 0 unspecified atom stereocenters. The lowest BCUT2D eigenvalue weighted by Gasteiger charge is -2.18. The van der Waals surface area contributed by atoms with E-state index in [0.29, 0.717) is 0 Å². The van der Waals surface area contributed by atoms with Crippen LogP contribution in [0.4, 0.5) is 11.4 Å². The van der Waals surface area contributed by atoms with Crippen LogP contribution < -0.4 is 4.90 Å². The van der Waals surface area contributed by atoms with Crippen molar-refractivity contribution in [2.75, 3.05) is 4.90 Å². The predicted molar refractivity (Wildman–Crippen MR) is 75.4 cm³/mol. The highest BCUT2D eigenvalue weighted by atomic mass is 35.5. The predicted octanol–water partition coefficient (Wildman–Crippen LogP) is 1.69. The van der Waals surface area contributed by atoms with E-state index < -0.39 is 40.8 Å². The smallest absolute Gasteiger partial charge is 0.271 e. The molecule has 1 aromatic rings. The number of nitro benzene ring substituents is 1. The van der Waals surface area contributed by atoms with Gasteiger partial charge in [-0.05, 0) is 6.07 Å². The first-order chi connectivity index (χ1) is 10.5. The van der Waals surface area contributed by atoms with Crippen LogP contribution in [0.3, 0.4) is 0 Å². The Bertz CT molecular complexity index is 732. The molecule has 4 atom stereocenters. The summed E-state index contributed by atoms with van der Waals surface area (Å²) in [6, 6.07) is 3.69. The first-order valence-corrected chi connectivity index (χ1v) is 7.02. The zero-order chi connectivity index (χ0) is 15.6. The lowest BCUT2D eigenvalue weighted by Crippen LogP contribution is -2.34. The standard InChI is InChI=1S/C14H9ClN2O5/c15-7-2-1-6(17(20)21)5-8(7)16-13(18)11-9-3-4-10(22-9)12(11)14(16)19/h1-5,9-12H/t9-,10-,11+,12+/m1/s1. The van der Waals surface area contributed by atoms with Crippen LogP contribution in [-0.2, 0) is 14.3 Å². The molecule has 22 heavy (non-hydrogen) atoms. The fourth-order valence-electron chi connectivity index (χ4n) is 3.33. The first kappa shape index (κ1) is 13.4. The minimum Gasteiger partial charge on any atom is -0.365 e. The van der Waals surface area contributed by atoms with Crippen LogP contribution >= 0.6 is 11.6 Å². The van der Waals surface area contributed by atoms with Gasteiger partial charge in [0.15, 0.2) is 0 Å². The van der Waals surface area contributed by atoms with Crippen molar-refractivity contribution in [1.82, 2.24) is 0 Å². The second kappa shape index (κ2) is 4.37. The Balaban J connectivity index is 1.79. The average Bonchev–Trinajstić information content (AvgIpc) is 3.14. The number of anilines is 1. The molecule has 3 heterocycles. The largest absolute Gasteiger partial charge is 0.365 e. The van der Waals surface area contributed by atoms with Crippen molar-refractivity contribution in [2.24, 2.45) is 11.8 Å². The van der Waals surface area contributed by atoms with Crippen LogP contribution in [0.15, 0.2) is 30.4 Å². The quantitative estimate of drug-likeness (QED) is 0.358. The second-order valence-electron chi connectivity index (χ2n) is 5.41. The summed E-state index contributed by atoms with van der Waals surface area (Å²) in [5.41, 5.74) is -0.172. The molecule has 2 bridgehead atoms. The van der Waals surface area contributed by atoms with E-state index in [-0.39, 0.29) is 16.4 Å². The number of carbonyl (C=O) groups is 2. The summed E-state index contributed by atoms with van der Waals surface area (Å²) < 4.78 is 5.54. The van der Waals surface area contributed by atoms with E-state index in [4.69, 9.17) is 16.3 Å². The number of carbonyl (C=O) groups excluding carboxylic acids is 2. The molecule has 0 N–H and O–H groups in total. The summed E-state index contributed by atoms with van der Waals surface area (Å²) in [7, 11) is 0. The third-order valence-electron chi connectivity index (χ3n) is 4.29. The molecule has 0 radical (unpaired) electrons. The number of amides is 2. The van der Waals surface area contributed by atoms with Crippen molar-refractivity contribution in [1.29, 1.82) is 0 Å². The highest BCUT2D eigenvalue weighted by Crippen LogP contribution is 2.47. The summed E-state index contributed by atoms with van der Waals surface area (Å²) >= 11 is 6.04. The number of nitro groups is 1. The molecule has 0 aliphatic carbocycles. The van der Waals surface area contributed by atoms with Crippen molar-refractivity contribution in [3.63, 3.8) is 0 Å². The van der Waals surface area contributed by atoms with Crippen LogP contribution in [0, 0.1) is 22.0 Å². The molecule has 4 rings (SSSR count). The fourth-order valence-corrected chi connectivity index (χ4v) is 3.53. The number of hydrogen-bond donors (Lipinski definition) is 0. The van der Waals surface area contributed by atoms with Gasteiger partial charge in [-0.2, -0.15) is 0 Å². The van der Waals surface area contributed by atoms with Crippen molar-refractivity contribution in [3.8, 4) is 0 Å².